The van der Waals surface area contributed by atoms with Gasteiger partial charge in [0, 0.05) is 36.7 Å². The molecule has 7 nitrogen and oxygen atoms in total. The third kappa shape index (κ3) is 4.03. The lowest BCUT2D eigenvalue weighted by molar-refractivity contribution is -0.136. The van der Waals surface area contributed by atoms with Gasteiger partial charge >= 0.3 is 11.8 Å². The van der Waals surface area contributed by atoms with Crippen molar-refractivity contribution in [2.24, 2.45) is 7.05 Å². The first-order chi connectivity index (χ1) is 10.9. The molecule has 0 aliphatic carbocycles. The van der Waals surface area contributed by atoms with Gasteiger partial charge in [-0.3, -0.25) is 14.4 Å². The van der Waals surface area contributed by atoms with Crippen molar-refractivity contribution in [3.05, 3.63) is 48.0 Å². The van der Waals surface area contributed by atoms with E-state index in [9.17, 15) is 14.4 Å². The number of hydrogen-bond donors (Lipinski definition) is 2. The Balaban J connectivity index is 2.05. The molecule has 23 heavy (non-hydrogen) atoms. The number of carbonyl (C=O) groups is 3. The van der Waals surface area contributed by atoms with E-state index < -0.39 is 11.8 Å². The summed E-state index contributed by atoms with van der Waals surface area (Å²) in [6.45, 7) is 3.53. The van der Waals surface area contributed by atoms with Crippen LogP contribution < -0.4 is 10.6 Å². The molecule has 1 heterocycles. The predicted molar refractivity (Wildman–Crippen MR) is 85.0 cm³/mol. The zero-order valence-corrected chi connectivity index (χ0v) is 13.2. The molecule has 120 valence electrons. The van der Waals surface area contributed by atoms with Crippen LogP contribution in [0.2, 0.25) is 0 Å². The molecule has 0 fully saturated rings. The molecule has 2 aromatic rings. The average Bonchev–Trinajstić information content (AvgIpc) is 2.92. The van der Waals surface area contributed by atoms with Crippen LogP contribution in [0.25, 0.3) is 0 Å². The molecular weight excluding hydrogens is 296 g/mol. The Morgan fingerprint density at radius 1 is 1.09 bits per heavy atom. The highest BCUT2D eigenvalue weighted by Gasteiger charge is 2.16. The van der Waals surface area contributed by atoms with Gasteiger partial charge in [-0.1, -0.05) is 0 Å². The summed E-state index contributed by atoms with van der Waals surface area (Å²) in [4.78, 5) is 39.5. The predicted octanol–water partition coefficient (Wildman–Crippen LogP) is 1.11. The molecule has 0 radical (unpaired) electrons. The zero-order valence-electron chi connectivity index (χ0n) is 13.2. The summed E-state index contributed by atoms with van der Waals surface area (Å²) < 4.78 is 1.63. The Bertz CT molecular complexity index is 732. The molecular formula is C16H18N4O3. The van der Waals surface area contributed by atoms with Gasteiger partial charge in [0.1, 0.15) is 0 Å². The van der Waals surface area contributed by atoms with Crippen molar-refractivity contribution >= 4 is 23.3 Å². The van der Waals surface area contributed by atoms with Gasteiger partial charge in [0.15, 0.2) is 5.82 Å². The number of nitrogens with zero attached hydrogens (tertiary/aromatic N) is 2. The van der Waals surface area contributed by atoms with E-state index in [-0.39, 0.29) is 11.8 Å². The molecule has 7 heteroatoms. The van der Waals surface area contributed by atoms with E-state index in [1.54, 1.807) is 62.1 Å². The Hall–Kier alpha value is -2.96. The van der Waals surface area contributed by atoms with Crippen LogP contribution in [0.15, 0.2) is 36.7 Å². The van der Waals surface area contributed by atoms with Gasteiger partial charge in [0.05, 0.1) is 0 Å². The van der Waals surface area contributed by atoms with E-state index in [1.807, 2.05) is 0 Å². The molecule has 0 saturated carbocycles. The molecule has 2 N–H and O–H groups in total. The summed E-state index contributed by atoms with van der Waals surface area (Å²) in [5.74, 6) is -1.33. The quantitative estimate of drug-likeness (QED) is 0.653. The van der Waals surface area contributed by atoms with Crippen LogP contribution >= 0.6 is 0 Å². The number of hydrogen-bond acceptors (Lipinski definition) is 4. The van der Waals surface area contributed by atoms with Crippen LogP contribution in [0.4, 0.5) is 5.69 Å². The molecule has 2 amide bonds. The van der Waals surface area contributed by atoms with Crippen LogP contribution in [0.3, 0.4) is 0 Å². The minimum Gasteiger partial charge on any atom is -0.346 e. The van der Waals surface area contributed by atoms with Gasteiger partial charge in [0.2, 0.25) is 5.78 Å². The van der Waals surface area contributed by atoms with Crippen molar-refractivity contribution in [2.75, 3.05) is 5.32 Å². The first-order valence-corrected chi connectivity index (χ1v) is 7.12. The smallest absolute Gasteiger partial charge is 0.313 e. The maximum atomic E-state index is 12.3. The lowest BCUT2D eigenvalue weighted by Gasteiger charge is -2.09. The summed E-state index contributed by atoms with van der Waals surface area (Å²) in [6.07, 6.45) is 3.24. The zero-order chi connectivity index (χ0) is 17.0. The third-order valence-electron chi connectivity index (χ3n) is 3.06. The molecule has 0 bridgehead atoms. The van der Waals surface area contributed by atoms with Crippen molar-refractivity contribution in [1.82, 2.24) is 14.9 Å². The number of aryl methyl sites for hydroxylation is 1. The van der Waals surface area contributed by atoms with E-state index in [0.29, 0.717) is 17.1 Å². The molecule has 1 aromatic heterocycles. The second kappa shape index (κ2) is 6.87. The fourth-order valence-electron chi connectivity index (χ4n) is 1.93. The van der Waals surface area contributed by atoms with Crippen molar-refractivity contribution in [1.29, 1.82) is 0 Å². The van der Waals surface area contributed by atoms with E-state index in [2.05, 4.69) is 15.6 Å². The molecule has 0 aliphatic heterocycles. The van der Waals surface area contributed by atoms with Crippen molar-refractivity contribution in [3.8, 4) is 0 Å². The Labute approximate surface area is 133 Å². The number of imidazole rings is 1. The maximum absolute atomic E-state index is 12.3. The SMILES string of the molecule is CC(C)NC(=O)C(=O)Nc1ccc(C(=O)c2nccn2C)cc1. The van der Waals surface area contributed by atoms with Gasteiger partial charge in [0.25, 0.3) is 0 Å². The number of nitrogens with one attached hydrogen (secondary N) is 2. The van der Waals surface area contributed by atoms with Crippen molar-refractivity contribution in [2.45, 2.75) is 19.9 Å². The highest BCUT2D eigenvalue weighted by molar-refractivity contribution is 6.39. The monoisotopic (exact) mass is 314 g/mol. The number of ketones is 1. The van der Waals surface area contributed by atoms with E-state index in [4.69, 9.17) is 0 Å². The highest BCUT2D eigenvalue weighted by Crippen LogP contribution is 2.13. The standard InChI is InChI=1S/C16H18N4O3/c1-10(2)18-15(22)16(23)19-12-6-4-11(5-7-12)13(21)14-17-8-9-20(14)3/h4-10H,1-3H3,(H,18,22)(H,19,23). The van der Waals surface area contributed by atoms with Crippen LogP contribution in [0, 0.1) is 0 Å². The van der Waals surface area contributed by atoms with Gasteiger partial charge in [-0.05, 0) is 38.1 Å². The van der Waals surface area contributed by atoms with Crippen LogP contribution in [0.5, 0.6) is 0 Å². The normalized spacial score (nSPS) is 10.4. The molecule has 1 aromatic carbocycles. The minimum atomic E-state index is -0.748. The fraction of sp³-hybridized carbons (Fsp3) is 0.250. The van der Waals surface area contributed by atoms with Crippen molar-refractivity contribution < 1.29 is 14.4 Å². The Kier molecular flexibility index (Phi) is 4.90. The largest absolute Gasteiger partial charge is 0.346 e. The second-order valence-electron chi connectivity index (χ2n) is 5.35. The molecule has 0 saturated heterocycles. The van der Waals surface area contributed by atoms with Gasteiger partial charge < -0.3 is 15.2 Å². The first kappa shape index (κ1) is 16.4. The number of benzene rings is 1. The molecule has 0 spiro atoms. The molecule has 0 atom stereocenters. The third-order valence-corrected chi connectivity index (χ3v) is 3.06. The number of aromatic nitrogens is 2. The number of amides is 2. The highest BCUT2D eigenvalue weighted by atomic mass is 16.2. The summed E-state index contributed by atoms with van der Waals surface area (Å²) >= 11 is 0. The Morgan fingerprint density at radius 3 is 2.26 bits per heavy atom. The number of rotatable bonds is 4. The fourth-order valence-corrected chi connectivity index (χ4v) is 1.93. The topological polar surface area (TPSA) is 93.1 Å². The van der Waals surface area contributed by atoms with Gasteiger partial charge in [-0.2, -0.15) is 0 Å². The van der Waals surface area contributed by atoms with Crippen LogP contribution in [-0.2, 0) is 16.6 Å². The number of anilines is 1. The molecule has 2 rings (SSSR count). The van der Waals surface area contributed by atoms with Crippen LogP contribution in [0.1, 0.15) is 30.0 Å². The van der Waals surface area contributed by atoms with E-state index in [1.165, 1.54) is 0 Å². The van der Waals surface area contributed by atoms with Gasteiger partial charge in [-0.15, -0.1) is 0 Å². The minimum absolute atomic E-state index is 0.119. The average molecular weight is 314 g/mol. The van der Waals surface area contributed by atoms with E-state index in [0.717, 1.165) is 0 Å². The summed E-state index contributed by atoms with van der Waals surface area (Å²) in [6, 6.07) is 6.17. The van der Waals surface area contributed by atoms with E-state index >= 15 is 0 Å². The Morgan fingerprint density at radius 2 is 1.74 bits per heavy atom. The molecule has 0 unspecified atom stereocenters. The summed E-state index contributed by atoms with van der Waals surface area (Å²) in [5.41, 5.74) is 0.884. The van der Waals surface area contributed by atoms with Crippen LogP contribution in [-0.4, -0.2) is 33.2 Å². The molecule has 0 aliphatic rings. The first-order valence-electron chi connectivity index (χ1n) is 7.12. The second-order valence-corrected chi connectivity index (χ2v) is 5.35. The maximum Gasteiger partial charge on any atom is 0.313 e. The van der Waals surface area contributed by atoms with Gasteiger partial charge in [-0.25, -0.2) is 4.98 Å². The summed E-state index contributed by atoms with van der Waals surface area (Å²) in [5, 5.41) is 4.98. The summed E-state index contributed by atoms with van der Waals surface area (Å²) in [7, 11) is 1.74. The lowest BCUT2D eigenvalue weighted by atomic mass is 10.1. The number of carbonyl (C=O) groups excluding carboxylic acids is 3. The van der Waals surface area contributed by atoms with Crippen molar-refractivity contribution in [3.63, 3.8) is 0 Å². The lowest BCUT2D eigenvalue weighted by Crippen LogP contribution is -2.39.